The van der Waals surface area contributed by atoms with E-state index in [4.69, 9.17) is 18.5 Å². The van der Waals surface area contributed by atoms with Crippen molar-refractivity contribution in [2.24, 2.45) is 0 Å². The van der Waals surface area contributed by atoms with Crippen LogP contribution in [0.25, 0.3) is 0 Å². The number of rotatable bonds is 33. The van der Waals surface area contributed by atoms with Crippen molar-refractivity contribution < 1.29 is 42.1 Å². The molecule has 46 heavy (non-hydrogen) atoms. The lowest BCUT2D eigenvalue weighted by atomic mass is 10.1. The highest BCUT2D eigenvalue weighted by Gasteiger charge is 2.27. The lowest BCUT2D eigenvalue weighted by Gasteiger charge is -2.24. The molecule has 270 valence electrons. The van der Waals surface area contributed by atoms with E-state index >= 15 is 0 Å². The van der Waals surface area contributed by atoms with Gasteiger partial charge < -0.3 is 18.9 Å². The number of carbonyl (C=O) groups excluding carboxylic acids is 2. The summed E-state index contributed by atoms with van der Waals surface area (Å²) in [5.74, 6) is -0.837. The third kappa shape index (κ3) is 32.4. The fraction of sp³-hybridized carbons (Fsp3) is 0.833. The van der Waals surface area contributed by atoms with Crippen LogP contribution in [0, 0.1) is 0 Å². The van der Waals surface area contributed by atoms with Gasteiger partial charge in [-0.15, -0.1) is 6.58 Å². The standard InChI is InChI=1S/C36H68NO8P/c1-6-8-10-12-14-15-16-17-18-19-20-21-23-24-26-28-35(38)42-32-34(33-44-46(40,41)43-31-30-37(3,4)5)45-36(39)29-27-25-22-13-11-9-7-2/h7,17-18,34H,2,6,8-16,19-33H2,1,3-5H3/p+1/b18-17-/t34-/m1/s1. The molecule has 0 aromatic carbocycles. The van der Waals surface area contributed by atoms with Crippen molar-refractivity contribution in [2.75, 3.05) is 47.5 Å². The molecule has 10 heteroatoms. The number of unbranched alkanes of at least 4 members (excludes halogenated alkanes) is 16. The van der Waals surface area contributed by atoms with Crippen molar-refractivity contribution in [2.45, 2.75) is 148 Å². The van der Waals surface area contributed by atoms with Gasteiger partial charge in [-0.05, 0) is 51.4 Å². The molecule has 0 heterocycles. The molecule has 0 saturated heterocycles. The van der Waals surface area contributed by atoms with Gasteiger partial charge in [-0.2, -0.15) is 0 Å². The first-order valence-corrected chi connectivity index (χ1v) is 19.5. The minimum atomic E-state index is -4.36. The number of hydrogen-bond acceptors (Lipinski definition) is 7. The lowest BCUT2D eigenvalue weighted by Crippen LogP contribution is -2.37. The number of phosphoric ester groups is 1. The van der Waals surface area contributed by atoms with Crippen LogP contribution in [-0.2, 0) is 32.7 Å². The van der Waals surface area contributed by atoms with Gasteiger partial charge in [-0.25, -0.2) is 4.57 Å². The minimum Gasteiger partial charge on any atom is -0.462 e. The van der Waals surface area contributed by atoms with E-state index in [9.17, 15) is 19.0 Å². The van der Waals surface area contributed by atoms with Crippen LogP contribution < -0.4 is 0 Å². The molecule has 0 rings (SSSR count). The van der Waals surface area contributed by atoms with Crippen LogP contribution in [0.5, 0.6) is 0 Å². The van der Waals surface area contributed by atoms with Crippen molar-refractivity contribution in [3.63, 3.8) is 0 Å². The van der Waals surface area contributed by atoms with E-state index in [0.29, 0.717) is 17.4 Å². The van der Waals surface area contributed by atoms with Crippen molar-refractivity contribution in [1.29, 1.82) is 0 Å². The van der Waals surface area contributed by atoms with Gasteiger partial charge >= 0.3 is 19.8 Å². The SMILES string of the molecule is C=CCCCCCCCC(=O)O[C@H](COC(=O)CCCCCCC/C=C\CCCCCCCC)COP(=O)(O)OCC[N+](C)(C)C. The predicted molar refractivity (Wildman–Crippen MR) is 187 cm³/mol. The largest absolute Gasteiger partial charge is 0.472 e. The second-order valence-corrected chi connectivity index (χ2v) is 14.8. The van der Waals surface area contributed by atoms with E-state index < -0.39 is 26.5 Å². The quantitative estimate of drug-likeness (QED) is 0.0241. The Labute approximate surface area is 281 Å². The maximum Gasteiger partial charge on any atom is 0.472 e. The van der Waals surface area contributed by atoms with E-state index in [1.54, 1.807) is 0 Å². The number of allylic oxidation sites excluding steroid dienone is 3. The average molecular weight is 675 g/mol. The Balaban J connectivity index is 4.37. The molecular formula is C36H69NO8P+. The molecule has 0 amide bonds. The van der Waals surface area contributed by atoms with Gasteiger partial charge in [0.15, 0.2) is 6.10 Å². The zero-order valence-corrected chi connectivity index (χ0v) is 30.8. The van der Waals surface area contributed by atoms with Crippen LogP contribution in [-0.4, -0.2) is 74.9 Å². The summed E-state index contributed by atoms with van der Waals surface area (Å²) in [6.45, 7) is 5.86. The van der Waals surface area contributed by atoms with E-state index in [-0.39, 0.29) is 32.0 Å². The van der Waals surface area contributed by atoms with Crippen LogP contribution >= 0.6 is 7.82 Å². The molecule has 0 aliphatic heterocycles. The van der Waals surface area contributed by atoms with Gasteiger partial charge in [0.2, 0.25) is 0 Å². The third-order valence-corrected chi connectivity index (χ3v) is 8.58. The zero-order valence-electron chi connectivity index (χ0n) is 29.9. The molecule has 0 aromatic heterocycles. The molecule has 0 aromatic rings. The van der Waals surface area contributed by atoms with E-state index in [2.05, 4.69) is 25.7 Å². The summed E-state index contributed by atoms with van der Waals surface area (Å²) in [4.78, 5) is 34.9. The topological polar surface area (TPSA) is 108 Å². The number of quaternary nitrogens is 1. The van der Waals surface area contributed by atoms with Crippen LogP contribution in [0.1, 0.15) is 142 Å². The molecule has 0 radical (unpaired) electrons. The maximum absolute atomic E-state index is 12.5. The summed E-state index contributed by atoms with van der Waals surface area (Å²) < 4.78 is 33.9. The molecule has 0 saturated carbocycles. The highest BCUT2D eigenvalue weighted by Crippen LogP contribution is 2.43. The third-order valence-electron chi connectivity index (χ3n) is 7.60. The molecule has 1 N–H and O–H groups in total. The summed E-state index contributed by atoms with van der Waals surface area (Å²) >= 11 is 0. The van der Waals surface area contributed by atoms with Gasteiger partial charge in [-0.1, -0.05) is 95.8 Å². The first-order chi connectivity index (χ1) is 22.0. The summed E-state index contributed by atoms with van der Waals surface area (Å²) in [6, 6.07) is 0. The molecule has 2 atom stereocenters. The number of ether oxygens (including phenoxy) is 2. The van der Waals surface area contributed by atoms with Gasteiger partial charge in [0.05, 0.1) is 27.7 Å². The summed E-state index contributed by atoms with van der Waals surface area (Å²) in [7, 11) is 1.46. The lowest BCUT2D eigenvalue weighted by molar-refractivity contribution is -0.870. The molecular weight excluding hydrogens is 605 g/mol. The molecule has 0 aliphatic rings. The summed E-state index contributed by atoms with van der Waals surface area (Å²) in [5.41, 5.74) is 0. The van der Waals surface area contributed by atoms with Crippen molar-refractivity contribution in [1.82, 2.24) is 0 Å². The number of likely N-dealkylation sites (N-methyl/N-ethyl adjacent to an activating group) is 1. The number of carbonyl (C=O) groups is 2. The monoisotopic (exact) mass is 674 g/mol. The molecule has 0 spiro atoms. The van der Waals surface area contributed by atoms with E-state index in [1.165, 1.54) is 44.9 Å². The Morgan fingerprint density at radius 1 is 0.717 bits per heavy atom. The van der Waals surface area contributed by atoms with Gasteiger partial charge in [0.25, 0.3) is 0 Å². The van der Waals surface area contributed by atoms with Gasteiger partial charge in [0, 0.05) is 12.8 Å². The van der Waals surface area contributed by atoms with Crippen molar-refractivity contribution in [3.05, 3.63) is 24.8 Å². The number of nitrogens with zero attached hydrogens (tertiary/aromatic N) is 1. The average Bonchev–Trinajstić information content (AvgIpc) is 2.99. The second kappa shape index (κ2) is 29.6. The van der Waals surface area contributed by atoms with E-state index in [1.807, 2.05) is 27.2 Å². The smallest absolute Gasteiger partial charge is 0.462 e. The molecule has 1 unspecified atom stereocenters. The number of esters is 2. The first kappa shape index (κ1) is 44.5. The highest BCUT2D eigenvalue weighted by molar-refractivity contribution is 7.47. The predicted octanol–water partition coefficient (Wildman–Crippen LogP) is 9.24. The number of hydrogen-bond donors (Lipinski definition) is 1. The highest BCUT2D eigenvalue weighted by atomic mass is 31.2. The fourth-order valence-corrected chi connectivity index (χ4v) is 5.43. The molecule has 9 nitrogen and oxygen atoms in total. The van der Waals surface area contributed by atoms with Gasteiger partial charge in [0.1, 0.15) is 19.8 Å². The van der Waals surface area contributed by atoms with Crippen LogP contribution in [0.4, 0.5) is 0 Å². The molecule has 0 aliphatic carbocycles. The molecule has 0 fully saturated rings. The summed E-state index contributed by atoms with van der Waals surface area (Å²) in [6.07, 6.45) is 27.1. The van der Waals surface area contributed by atoms with Gasteiger partial charge in [-0.3, -0.25) is 18.6 Å². The maximum atomic E-state index is 12.5. The zero-order chi connectivity index (χ0) is 34.4. The second-order valence-electron chi connectivity index (χ2n) is 13.3. The Kier molecular flexibility index (Phi) is 28.6. The first-order valence-electron chi connectivity index (χ1n) is 18.0. The fourth-order valence-electron chi connectivity index (χ4n) is 4.69. The van der Waals surface area contributed by atoms with Crippen LogP contribution in [0.2, 0.25) is 0 Å². The Bertz CT molecular complexity index is 842. The normalized spacial score (nSPS) is 13.8. The Morgan fingerprint density at radius 2 is 1.22 bits per heavy atom. The Morgan fingerprint density at radius 3 is 1.76 bits per heavy atom. The molecule has 0 bridgehead atoms. The van der Waals surface area contributed by atoms with E-state index in [0.717, 1.165) is 70.6 Å². The van der Waals surface area contributed by atoms with Crippen LogP contribution in [0.3, 0.4) is 0 Å². The summed E-state index contributed by atoms with van der Waals surface area (Å²) in [5, 5.41) is 0. The van der Waals surface area contributed by atoms with Crippen molar-refractivity contribution in [3.8, 4) is 0 Å². The number of phosphoric acid groups is 1. The van der Waals surface area contributed by atoms with Crippen LogP contribution in [0.15, 0.2) is 24.8 Å². The van der Waals surface area contributed by atoms with Crippen molar-refractivity contribution >= 4 is 19.8 Å². The minimum absolute atomic E-state index is 0.0273. The Hall–Kier alpha value is -1.51.